The Morgan fingerprint density at radius 2 is 1.33 bits per heavy atom. The Hall–Kier alpha value is 4.14. The van der Waals surface area contributed by atoms with Crippen LogP contribution in [0.3, 0.4) is 0 Å². The third-order valence-corrected chi connectivity index (χ3v) is 3.65. The number of aliphatic imine (C=N–C) groups is 2. The standard InChI is InChI=1S/C6H10N2S2.CH2.2BrH.3HI.Ni.V/c1-7-5-6(8-2)10-4-3-9-5;;;;;;;;/h3-4H2,1-2H3;1H2;5*1H;;/q;;;;;;;+2;+3/p-5. The van der Waals surface area contributed by atoms with E-state index in [1.165, 1.54) is 10.9 Å². The van der Waals surface area contributed by atoms with Gasteiger partial charge in [-0.25, -0.2) is 0 Å². The molecule has 18 heavy (non-hydrogen) atoms. The molecule has 0 aromatic heterocycles. The Bertz CT molecular complexity index is 300. The summed E-state index contributed by atoms with van der Waals surface area (Å²) >= 11 is 16.8. The molecule has 1 fully saturated rings. The van der Waals surface area contributed by atoms with E-state index in [1.54, 1.807) is 23.5 Å². The minimum atomic E-state index is -1.22. The molecule has 112 valence electrons. The van der Waals surface area contributed by atoms with Gasteiger partial charge in [0.25, 0.3) is 0 Å². The van der Waals surface area contributed by atoms with Gasteiger partial charge in [-0.15, -0.1) is 23.5 Å². The zero-order chi connectivity index (χ0) is 14.6. The average Bonchev–Trinajstić information content (AvgIpc) is 2.28. The van der Waals surface area contributed by atoms with E-state index in [4.69, 9.17) is 0 Å². The number of halogens is 5. The van der Waals surface area contributed by atoms with Crippen LogP contribution >= 0.6 is 112 Å². The van der Waals surface area contributed by atoms with E-state index in [-0.39, 0.29) is 0 Å². The second kappa shape index (κ2) is 16.0. The molecule has 0 saturated carbocycles. The Morgan fingerprint density at radius 1 is 1.11 bits per heavy atom. The molecule has 0 atom stereocenters. The fourth-order valence-corrected chi connectivity index (χ4v) is 2.82. The van der Waals surface area contributed by atoms with Gasteiger partial charge < -0.3 is 0 Å². The average molecular weight is 838 g/mol. The van der Waals surface area contributed by atoms with Crippen LogP contribution in [0.4, 0.5) is 0 Å². The van der Waals surface area contributed by atoms with E-state index in [0.717, 1.165) is 21.6 Å². The van der Waals surface area contributed by atoms with Crippen LogP contribution in [0.25, 0.3) is 0 Å². The second-order valence-corrected chi connectivity index (χ2v) is 54.4. The van der Waals surface area contributed by atoms with E-state index < -0.39 is 3.34 Å². The molecular formula is C7H12Br2I3N2NiS2V. The molecule has 0 aromatic rings. The van der Waals surface area contributed by atoms with Crippen molar-refractivity contribution in [3.63, 3.8) is 0 Å². The van der Waals surface area contributed by atoms with Crippen LogP contribution in [-0.2, 0) is 14.2 Å². The van der Waals surface area contributed by atoms with E-state index >= 15 is 0 Å². The molecule has 1 aliphatic rings. The molecule has 11 heteroatoms. The third-order valence-electron chi connectivity index (χ3n) is 1.15. The van der Waals surface area contributed by atoms with Crippen molar-refractivity contribution in [3.05, 3.63) is 0 Å². The van der Waals surface area contributed by atoms with Gasteiger partial charge in [0.1, 0.15) is 10.1 Å². The number of thioether (sulfide) groups is 2. The first-order valence-corrected chi connectivity index (χ1v) is 25.5. The van der Waals surface area contributed by atoms with Crippen molar-refractivity contribution >= 4 is 127 Å². The quantitative estimate of drug-likeness (QED) is 0.227. The van der Waals surface area contributed by atoms with Crippen LogP contribution < -0.4 is 0 Å². The summed E-state index contributed by atoms with van der Waals surface area (Å²) in [5.41, 5.74) is 0. The van der Waals surface area contributed by atoms with Gasteiger partial charge in [-0.1, -0.05) is 0 Å². The normalized spacial score (nSPS) is 19.9. The van der Waals surface area contributed by atoms with Crippen molar-refractivity contribution in [1.82, 2.24) is 0 Å². The molecule has 0 aliphatic carbocycles. The van der Waals surface area contributed by atoms with Crippen LogP contribution in [0.2, 0.25) is 0 Å². The van der Waals surface area contributed by atoms with E-state index in [2.05, 4.69) is 104 Å². The van der Waals surface area contributed by atoms with E-state index in [9.17, 15) is 0 Å². The maximum absolute atomic E-state index is 4.13. The number of hydrogen-bond acceptors (Lipinski definition) is 4. The first kappa shape index (κ1) is 24.4. The fourth-order valence-electron chi connectivity index (χ4n) is 0.721. The predicted molar refractivity (Wildman–Crippen MR) is 119 cm³/mol. The summed E-state index contributed by atoms with van der Waals surface area (Å²) in [6.07, 6.45) is 0. The molecule has 0 radical (unpaired) electrons. The van der Waals surface area contributed by atoms with Gasteiger partial charge in [-0.3, -0.25) is 9.98 Å². The van der Waals surface area contributed by atoms with E-state index in [1.807, 2.05) is 14.1 Å². The third kappa shape index (κ3) is 20.1. The Kier molecular flexibility index (Phi) is 21.7. The van der Waals surface area contributed by atoms with Gasteiger partial charge >= 0.3 is 108 Å². The van der Waals surface area contributed by atoms with Gasteiger partial charge in [0, 0.05) is 25.6 Å². The van der Waals surface area contributed by atoms with Crippen molar-refractivity contribution < 1.29 is 14.2 Å². The van der Waals surface area contributed by atoms with Crippen LogP contribution in [0, 0.1) is 0 Å². The van der Waals surface area contributed by atoms with Crippen molar-refractivity contribution in [2.24, 2.45) is 9.98 Å². The van der Waals surface area contributed by atoms with Gasteiger partial charge in [0.05, 0.1) is 0 Å². The summed E-state index contributed by atoms with van der Waals surface area (Å²) in [6.45, 7) is 0. The number of hydrogen-bond donors (Lipinski definition) is 0. The Labute approximate surface area is 173 Å². The van der Waals surface area contributed by atoms with Crippen LogP contribution in [-0.4, -0.2) is 40.9 Å². The molecule has 1 saturated heterocycles. The molecule has 0 amide bonds. The molecular weight excluding hydrogens is 826 g/mol. The molecule has 2 nitrogen and oxygen atoms in total. The molecule has 1 heterocycles. The zero-order valence-electron chi connectivity index (χ0n) is 9.49. The summed E-state index contributed by atoms with van der Waals surface area (Å²) in [5, 5.41) is 6.09. The van der Waals surface area contributed by atoms with Gasteiger partial charge in [-0.2, -0.15) is 0 Å². The molecule has 0 bridgehead atoms. The first-order chi connectivity index (χ1) is 8.29. The van der Waals surface area contributed by atoms with Crippen molar-refractivity contribution in [3.8, 4) is 0 Å². The SMILES string of the molecule is CN=C1SCCSC1=NC.[Br][Ni][Br].[CH2]=[V]([I])([I])[I]. The van der Waals surface area contributed by atoms with Crippen LogP contribution in [0.15, 0.2) is 9.98 Å². The molecule has 0 aromatic carbocycles. The molecule has 0 unspecified atom stereocenters. The van der Waals surface area contributed by atoms with Crippen LogP contribution in [0.5, 0.6) is 0 Å². The Balaban J connectivity index is 0. The summed E-state index contributed by atoms with van der Waals surface area (Å²) in [6, 6.07) is 0. The van der Waals surface area contributed by atoms with Gasteiger partial charge in [0.2, 0.25) is 0 Å². The molecule has 1 aliphatic heterocycles. The van der Waals surface area contributed by atoms with E-state index in [0.29, 0.717) is 0 Å². The topological polar surface area (TPSA) is 24.7 Å². The first-order valence-electron chi connectivity index (χ1n) is 4.14. The number of rotatable bonds is 0. The molecule has 0 spiro atoms. The van der Waals surface area contributed by atoms with Crippen molar-refractivity contribution in [2.45, 2.75) is 0 Å². The second-order valence-electron chi connectivity index (χ2n) is 2.35. The summed E-state index contributed by atoms with van der Waals surface area (Å²) in [7, 11) is 4.89. The Morgan fingerprint density at radius 3 is 1.50 bits per heavy atom. The van der Waals surface area contributed by atoms with Crippen molar-refractivity contribution in [1.29, 1.82) is 0 Å². The minimum absolute atomic E-state index is 1.10. The monoisotopic (exact) mass is 835 g/mol. The zero-order valence-corrected chi connectivity index (χ0v) is 23.1. The maximum atomic E-state index is 4.13. The summed E-state index contributed by atoms with van der Waals surface area (Å²) < 4.78 is -1.22. The predicted octanol–water partition coefficient (Wildman–Crippen LogP) is 5.83. The van der Waals surface area contributed by atoms with Crippen LogP contribution in [0.1, 0.15) is 0 Å². The van der Waals surface area contributed by atoms with Gasteiger partial charge in [0.15, 0.2) is 0 Å². The summed E-state index contributed by atoms with van der Waals surface area (Å²) in [4.78, 5) is 8.26. The van der Waals surface area contributed by atoms with Gasteiger partial charge in [-0.05, 0) is 0 Å². The van der Waals surface area contributed by atoms with Crippen molar-refractivity contribution in [2.75, 3.05) is 25.6 Å². The molecule has 1 rings (SSSR count). The summed E-state index contributed by atoms with van der Waals surface area (Å²) in [5.74, 6) is 2.33. The number of nitrogens with zero attached hydrogens (tertiary/aromatic N) is 2. The molecule has 0 N–H and O–H groups in total. The fraction of sp³-hybridized carbons (Fsp3) is 0.571.